The number of rotatable bonds is 3. The van der Waals surface area contributed by atoms with Crippen molar-refractivity contribution in [2.45, 2.75) is 32.8 Å². The normalized spacial score (nSPS) is 11.1. The molecule has 1 amide bonds. The molecule has 0 fully saturated rings. The summed E-state index contributed by atoms with van der Waals surface area (Å²) in [5.41, 5.74) is 7.20. The van der Waals surface area contributed by atoms with Crippen molar-refractivity contribution < 1.29 is 9.53 Å². The van der Waals surface area contributed by atoms with Crippen LogP contribution in [0.25, 0.3) is 0 Å². The van der Waals surface area contributed by atoms with Crippen molar-refractivity contribution in [3.8, 4) is 0 Å². The summed E-state index contributed by atoms with van der Waals surface area (Å²) in [7, 11) is 0. The minimum absolute atomic E-state index is 0.382. The number of nitrogen functional groups attached to an aromatic ring is 1. The first-order valence-corrected chi connectivity index (χ1v) is 6.86. The van der Waals surface area contributed by atoms with Gasteiger partial charge in [0.05, 0.1) is 0 Å². The molecular weight excluding hydrogens is 343 g/mol. The summed E-state index contributed by atoms with van der Waals surface area (Å²) in [6.45, 7) is 6.08. The van der Waals surface area contributed by atoms with E-state index >= 15 is 0 Å². The lowest BCUT2D eigenvalue weighted by Crippen LogP contribution is -2.33. The van der Waals surface area contributed by atoms with Crippen LogP contribution in [0.4, 0.5) is 10.5 Å². The Morgan fingerprint density at radius 2 is 2.11 bits per heavy atom. The summed E-state index contributed by atoms with van der Waals surface area (Å²) >= 11 is 2.20. The second-order valence-electron chi connectivity index (χ2n) is 5.03. The summed E-state index contributed by atoms with van der Waals surface area (Å²) in [6, 6.07) is 5.87. The summed E-state index contributed by atoms with van der Waals surface area (Å²) in [5.74, 6) is 0. The maximum absolute atomic E-state index is 11.4. The van der Waals surface area contributed by atoms with E-state index in [1.54, 1.807) is 0 Å². The van der Waals surface area contributed by atoms with Crippen LogP contribution in [0.3, 0.4) is 0 Å². The van der Waals surface area contributed by atoms with Gasteiger partial charge in [-0.25, -0.2) is 4.79 Å². The zero-order valence-corrected chi connectivity index (χ0v) is 13.1. The van der Waals surface area contributed by atoms with E-state index in [0.29, 0.717) is 6.54 Å². The Morgan fingerprint density at radius 1 is 1.44 bits per heavy atom. The largest absolute Gasteiger partial charge is 0.444 e. The topological polar surface area (TPSA) is 64.3 Å². The van der Waals surface area contributed by atoms with Gasteiger partial charge in [-0.2, -0.15) is 0 Å². The number of alkyl carbamates (subject to hydrolysis) is 1. The number of carbonyl (C=O) groups is 1. The molecule has 18 heavy (non-hydrogen) atoms. The van der Waals surface area contributed by atoms with Gasteiger partial charge >= 0.3 is 6.09 Å². The van der Waals surface area contributed by atoms with Crippen LogP contribution in [-0.4, -0.2) is 18.2 Å². The first-order chi connectivity index (χ1) is 8.28. The van der Waals surface area contributed by atoms with Gasteiger partial charge in [-0.3, -0.25) is 0 Å². The quantitative estimate of drug-likeness (QED) is 0.642. The fourth-order valence-corrected chi connectivity index (χ4v) is 1.93. The fraction of sp³-hybridized carbons (Fsp3) is 0.462. The predicted octanol–water partition coefficient (Wildman–Crippen LogP) is 2.94. The second-order valence-corrected chi connectivity index (χ2v) is 6.20. The number of amides is 1. The Morgan fingerprint density at radius 3 is 2.67 bits per heavy atom. The molecule has 100 valence electrons. The highest BCUT2D eigenvalue weighted by molar-refractivity contribution is 14.1. The Kier molecular flexibility index (Phi) is 5.25. The lowest BCUT2D eigenvalue weighted by atomic mass is 10.1. The van der Waals surface area contributed by atoms with Crippen LogP contribution in [0.1, 0.15) is 26.3 Å². The minimum Gasteiger partial charge on any atom is -0.444 e. The Labute approximate surface area is 121 Å². The molecule has 1 aromatic rings. The standard InChI is InChI=1S/C13H19IN2O2/c1-13(2,3)18-12(17)16-7-6-9-4-5-11(15)10(14)8-9/h4-5,8H,6-7,15H2,1-3H3,(H,16,17). The van der Waals surface area contributed by atoms with Crippen molar-refractivity contribution >= 4 is 34.4 Å². The van der Waals surface area contributed by atoms with Crippen molar-refractivity contribution in [2.24, 2.45) is 0 Å². The molecule has 4 nitrogen and oxygen atoms in total. The van der Waals surface area contributed by atoms with Gasteiger partial charge in [0.25, 0.3) is 0 Å². The molecule has 0 atom stereocenters. The monoisotopic (exact) mass is 362 g/mol. The number of nitrogens with one attached hydrogen (secondary N) is 1. The van der Waals surface area contributed by atoms with Crippen molar-refractivity contribution in [3.05, 3.63) is 27.3 Å². The molecule has 1 aromatic carbocycles. The van der Waals surface area contributed by atoms with Crippen molar-refractivity contribution in [3.63, 3.8) is 0 Å². The summed E-state index contributed by atoms with van der Waals surface area (Å²) in [5, 5.41) is 2.73. The molecule has 0 saturated carbocycles. The molecule has 0 aliphatic carbocycles. The number of benzene rings is 1. The number of anilines is 1. The Balaban J connectivity index is 2.38. The van der Waals surface area contributed by atoms with Crippen LogP contribution in [-0.2, 0) is 11.2 Å². The zero-order valence-electron chi connectivity index (χ0n) is 10.9. The molecular formula is C13H19IN2O2. The summed E-state index contributed by atoms with van der Waals surface area (Å²) in [6.07, 6.45) is 0.378. The molecule has 0 radical (unpaired) electrons. The lowest BCUT2D eigenvalue weighted by Gasteiger charge is -2.19. The molecule has 0 heterocycles. The number of halogens is 1. The highest BCUT2D eigenvalue weighted by Crippen LogP contribution is 2.16. The third kappa shape index (κ3) is 5.57. The van der Waals surface area contributed by atoms with E-state index < -0.39 is 5.60 Å². The average Bonchev–Trinajstić information content (AvgIpc) is 2.20. The van der Waals surface area contributed by atoms with Crippen molar-refractivity contribution in [1.29, 1.82) is 0 Å². The Bertz CT molecular complexity index is 427. The van der Waals surface area contributed by atoms with Crippen molar-refractivity contribution in [1.82, 2.24) is 5.32 Å². The van der Waals surface area contributed by atoms with Crippen LogP contribution >= 0.6 is 22.6 Å². The van der Waals surface area contributed by atoms with Gasteiger partial charge in [-0.1, -0.05) is 6.07 Å². The molecule has 0 aliphatic rings. The minimum atomic E-state index is -0.458. The smallest absolute Gasteiger partial charge is 0.407 e. The zero-order chi connectivity index (χ0) is 13.8. The highest BCUT2D eigenvalue weighted by atomic mass is 127. The SMILES string of the molecule is CC(C)(C)OC(=O)NCCc1ccc(N)c(I)c1. The fourth-order valence-electron chi connectivity index (χ4n) is 1.35. The molecule has 0 saturated heterocycles. The first kappa shape index (κ1) is 15.1. The number of hydrogen-bond acceptors (Lipinski definition) is 3. The van der Waals surface area contributed by atoms with Gasteiger partial charge in [-0.05, 0) is 67.5 Å². The van der Waals surface area contributed by atoms with E-state index in [1.807, 2.05) is 39.0 Å². The van der Waals surface area contributed by atoms with E-state index in [0.717, 1.165) is 21.2 Å². The summed E-state index contributed by atoms with van der Waals surface area (Å²) in [4.78, 5) is 11.4. The van der Waals surface area contributed by atoms with Crippen LogP contribution in [0.2, 0.25) is 0 Å². The van der Waals surface area contributed by atoms with Crippen molar-refractivity contribution in [2.75, 3.05) is 12.3 Å². The van der Waals surface area contributed by atoms with Gasteiger partial charge in [0, 0.05) is 15.8 Å². The van der Waals surface area contributed by atoms with Crippen LogP contribution < -0.4 is 11.1 Å². The van der Waals surface area contributed by atoms with Crippen LogP contribution in [0, 0.1) is 3.57 Å². The maximum atomic E-state index is 11.4. The third-order valence-corrected chi connectivity index (χ3v) is 3.08. The van der Waals surface area contributed by atoms with Crippen LogP contribution in [0.5, 0.6) is 0 Å². The maximum Gasteiger partial charge on any atom is 0.407 e. The number of nitrogens with two attached hydrogens (primary N) is 1. The molecule has 0 bridgehead atoms. The Hall–Kier alpha value is -0.980. The average molecular weight is 362 g/mol. The molecule has 0 spiro atoms. The highest BCUT2D eigenvalue weighted by Gasteiger charge is 2.15. The summed E-state index contributed by atoms with van der Waals surface area (Å²) < 4.78 is 6.18. The molecule has 0 unspecified atom stereocenters. The molecule has 0 aliphatic heterocycles. The second kappa shape index (κ2) is 6.26. The number of hydrogen-bond donors (Lipinski definition) is 2. The van der Waals surface area contributed by atoms with E-state index in [4.69, 9.17) is 10.5 Å². The number of carbonyl (C=O) groups excluding carboxylic acids is 1. The van der Waals surface area contributed by atoms with Gasteiger partial charge < -0.3 is 15.8 Å². The van der Waals surface area contributed by atoms with Crippen LogP contribution in [0.15, 0.2) is 18.2 Å². The number of ether oxygens (including phenoxy) is 1. The molecule has 5 heteroatoms. The molecule has 3 N–H and O–H groups in total. The predicted molar refractivity (Wildman–Crippen MR) is 81.5 cm³/mol. The molecule has 0 aromatic heterocycles. The third-order valence-electron chi connectivity index (χ3n) is 2.15. The van der Waals surface area contributed by atoms with Gasteiger partial charge in [0.15, 0.2) is 0 Å². The van der Waals surface area contributed by atoms with Gasteiger partial charge in [-0.15, -0.1) is 0 Å². The molecule has 1 rings (SSSR count). The van der Waals surface area contributed by atoms with Gasteiger partial charge in [0.1, 0.15) is 5.60 Å². The van der Waals surface area contributed by atoms with Gasteiger partial charge in [0.2, 0.25) is 0 Å². The van der Waals surface area contributed by atoms with E-state index in [-0.39, 0.29) is 6.09 Å². The van der Waals surface area contributed by atoms with E-state index in [9.17, 15) is 4.79 Å². The lowest BCUT2D eigenvalue weighted by molar-refractivity contribution is 0.0528. The first-order valence-electron chi connectivity index (χ1n) is 5.79. The van der Waals surface area contributed by atoms with E-state index in [1.165, 1.54) is 0 Å². The van der Waals surface area contributed by atoms with E-state index in [2.05, 4.69) is 27.9 Å².